The number of nitrogens with zero attached hydrogens (tertiary/aromatic N) is 4. The first kappa shape index (κ1) is 25.5. The molecular weight excluding hydrogens is 506 g/mol. The van der Waals surface area contributed by atoms with E-state index >= 15 is 0 Å². The van der Waals surface area contributed by atoms with Crippen LogP contribution in [0.4, 0.5) is 5.69 Å². The maximum absolute atomic E-state index is 13.3. The number of likely N-dealkylation sites (tertiary alicyclic amines) is 1. The smallest absolute Gasteiger partial charge is 0.295 e. The molecule has 3 atom stereocenters. The largest absolute Gasteiger partial charge is 0.356 e. The van der Waals surface area contributed by atoms with Gasteiger partial charge in [-0.05, 0) is 43.9 Å². The molecule has 1 saturated heterocycles. The molecule has 1 N–H and O–H groups in total. The number of hydrogen-bond acceptors (Lipinski definition) is 5. The highest BCUT2D eigenvalue weighted by atomic mass is 32.2. The Morgan fingerprint density at radius 1 is 1.11 bits per heavy atom. The standard InChI is InChI=1S/C27H31N5O3S2/c1-4-22(25(34)28-24-17(2)29(3)32(26(24)35)20-9-6-5-7-10-20)37-27(36)30-14-18-13-19(16-30)21-11-8-12-23(33)31(21)15-18/h5-12,18-19,22H,4,13-16H2,1-3H3,(H,28,34)/t18-,19+,22-/m1/s1. The summed E-state index contributed by atoms with van der Waals surface area (Å²) in [6.45, 7) is 6.00. The molecule has 10 heteroatoms. The number of pyridine rings is 1. The number of carbonyl (C=O) groups excluding carboxylic acids is 1. The number of thiocarbonyl (C=S) groups is 1. The summed E-state index contributed by atoms with van der Waals surface area (Å²) in [5.74, 6) is 0.370. The monoisotopic (exact) mass is 537 g/mol. The van der Waals surface area contributed by atoms with E-state index in [2.05, 4.69) is 10.2 Å². The molecule has 3 aromatic rings. The zero-order chi connectivity index (χ0) is 26.3. The fourth-order valence-corrected chi connectivity index (χ4v) is 6.85. The van der Waals surface area contributed by atoms with Gasteiger partial charge in [-0.2, -0.15) is 0 Å². The summed E-state index contributed by atoms with van der Waals surface area (Å²) in [6, 6.07) is 14.8. The lowest BCUT2D eigenvalue weighted by Gasteiger charge is -2.43. The lowest BCUT2D eigenvalue weighted by molar-refractivity contribution is -0.115. The summed E-state index contributed by atoms with van der Waals surface area (Å²) < 4.78 is 5.90. The molecule has 0 radical (unpaired) electrons. The topological polar surface area (TPSA) is 81.3 Å². The highest BCUT2D eigenvalue weighted by Gasteiger charge is 2.36. The molecule has 1 aromatic carbocycles. The van der Waals surface area contributed by atoms with Gasteiger partial charge in [-0.15, -0.1) is 0 Å². The van der Waals surface area contributed by atoms with E-state index in [-0.39, 0.29) is 28.6 Å². The Kier molecular flexibility index (Phi) is 7.13. The second-order valence-electron chi connectivity index (χ2n) is 9.81. The van der Waals surface area contributed by atoms with Gasteiger partial charge in [0, 0.05) is 44.4 Å². The molecule has 1 amide bonds. The molecule has 4 heterocycles. The number of thioether (sulfide) groups is 1. The molecule has 2 bridgehead atoms. The van der Waals surface area contributed by atoms with Crippen molar-refractivity contribution in [3.8, 4) is 5.69 Å². The Balaban J connectivity index is 1.29. The van der Waals surface area contributed by atoms with E-state index in [0.29, 0.717) is 28.9 Å². The molecule has 1 fully saturated rings. The average molecular weight is 538 g/mol. The molecule has 2 aromatic heterocycles. The first-order valence-corrected chi connectivity index (χ1v) is 13.9. The molecular formula is C27H31N5O3S2. The number of aromatic nitrogens is 3. The van der Waals surface area contributed by atoms with E-state index in [1.54, 1.807) is 22.5 Å². The van der Waals surface area contributed by atoms with Gasteiger partial charge < -0.3 is 14.8 Å². The quantitative estimate of drug-likeness (QED) is 0.502. The second-order valence-corrected chi connectivity index (χ2v) is 11.6. The van der Waals surface area contributed by atoms with Crippen LogP contribution >= 0.6 is 24.0 Å². The Hall–Kier alpha value is -3.11. The van der Waals surface area contributed by atoms with Gasteiger partial charge in [-0.3, -0.25) is 19.1 Å². The number of para-hydroxylation sites is 1. The van der Waals surface area contributed by atoms with Gasteiger partial charge in [-0.1, -0.05) is 55.2 Å². The van der Waals surface area contributed by atoms with E-state index in [0.717, 1.165) is 30.9 Å². The summed E-state index contributed by atoms with van der Waals surface area (Å²) in [7, 11) is 1.81. The number of benzene rings is 1. The summed E-state index contributed by atoms with van der Waals surface area (Å²) in [4.78, 5) is 41.0. The minimum atomic E-state index is -0.423. The van der Waals surface area contributed by atoms with Crippen LogP contribution in [0.2, 0.25) is 0 Å². The summed E-state index contributed by atoms with van der Waals surface area (Å²) in [6.07, 6.45) is 1.63. The lowest BCUT2D eigenvalue weighted by atomic mass is 9.83. The Labute approximate surface area is 225 Å². The van der Waals surface area contributed by atoms with Crippen molar-refractivity contribution >= 4 is 39.9 Å². The summed E-state index contributed by atoms with van der Waals surface area (Å²) in [5, 5.41) is 2.47. The summed E-state index contributed by atoms with van der Waals surface area (Å²) in [5.41, 5.74) is 2.57. The van der Waals surface area contributed by atoms with Gasteiger partial charge in [0.2, 0.25) is 5.91 Å². The first-order chi connectivity index (χ1) is 17.8. The van der Waals surface area contributed by atoms with Crippen LogP contribution in [-0.4, -0.2) is 47.4 Å². The number of fused-ring (bicyclic) bond motifs is 4. The Morgan fingerprint density at radius 2 is 1.86 bits per heavy atom. The third-order valence-corrected chi connectivity index (χ3v) is 9.29. The molecule has 5 rings (SSSR count). The van der Waals surface area contributed by atoms with Crippen molar-refractivity contribution in [2.45, 2.75) is 44.4 Å². The van der Waals surface area contributed by atoms with Gasteiger partial charge in [0.25, 0.3) is 11.1 Å². The SMILES string of the molecule is CC[C@@H](SC(=S)N1C[C@H]2C[C@@H](C1)c1cccc(=O)n1C2)C(=O)Nc1c(C)n(C)n(-c2ccccc2)c1=O. The molecule has 37 heavy (non-hydrogen) atoms. The van der Waals surface area contributed by atoms with Crippen LogP contribution in [0.25, 0.3) is 5.69 Å². The van der Waals surface area contributed by atoms with Gasteiger partial charge in [0.15, 0.2) is 0 Å². The van der Waals surface area contributed by atoms with Crippen LogP contribution in [-0.2, 0) is 18.4 Å². The van der Waals surface area contributed by atoms with Crippen molar-refractivity contribution in [3.05, 3.63) is 80.6 Å². The van der Waals surface area contributed by atoms with Crippen LogP contribution in [0.3, 0.4) is 0 Å². The maximum atomic E-state index is 13.3. The predicted molar refractivity (Wildman–Crippen MR) is 152 cm³/mol. The van der Waals surface area contributed by atoms with Crippen molar-refractivity contribution in [2.75, 3.05) is 18.4 Å². The van der Waals surface area contributed by atoms with Crippen molar-refractivity contribution < 1.29 is 4.79 Å². The fourth-order valence-electron chi connectivity index (χ4n) is 5.48. The molecule has 8 nitrogen and oxygen atoms in total. The molecule has 0 unspecified atom stereocenters. The molecule has 0 spiro atoms. The number of carbonyl (C=O) groups is 1. The summed E-state index contributed by atoms with van der Waals surface area (Å²) >= 11 is 7.20. The minimum absolute atomic E-state index is 0.0582. The van der Waals surface area contributed by atoms with Crippen molar-refractivity contribution in [2.24, 2.45) is 13.0 Å². The Bertz CT molecular complexity index is 1460. The normalized spacial score (nSPS) is 19.3. The van der Waals surface area contributed by atoms with E-state index in [1.165, 1.54) is 11.8 Å². The van der Waals surface area contributed by atoms with Gasteiger partial charge in [0.05, 0.1) is 16.6 Å². The van der Waals surface area contributed by atoms with Crippen molar-refractivity contribution in [1.29, 1.82) is 0 Å². The van der Waals surface area contributed by atoms with Gasteiger partial charge in [0.1, 0.15) is 10.0 Å². The molecule has 2 aliphatic heterocycles. The van der Waals surface area contributed by atoms with Crippen molar-refractivity contribution in [3.63, 3.8) is 0 Å². The minimum Gasteiger partial charge on any atom is -0.356 e. The van der Waals surface area contributed by atoms with E-state index in [4.69, 9.17) is 12.2 Å². The average Bonchev–Trinajstić information content (AvgIpc) is 3.11. The third-order valence-electron chi connectivity index (χ3n) is 7.45. The highest BCUT2D eigenvalue weighted by Crippen LogP contribution is 2.36. The number of nitrogens with one attached hydrogen (secondary N) is 1. The van der Waals surface area contributed by atoms with Gasteiger partial charge >= 0.3 is 0 Å². The van der Waals surface area contributed by atoms with Crippen molar-refractivity contribution in [1.82, 2.24) is 18.8 Å². The van der Waals surface area contributed by atoms with Crippen LogP contribution in [0.15, 0.2) is 58.1 Å². The Morgan fingerprint density at radius 3 is 2.59 bits per heavy atom. The van der Waals surface area contributed by atoms with E-state index < -0.39 is 5.25 Å². The third kappa shape index (κ3) is 4.80. The maximum Gasteiger partial charge on any atom is 0.295 e. The molecule has 0 saturated carbocycles. The molecule has 0 aliphatic carbocycles. The zero-order valence-electron chi connectivity index (χ0n) is 21.2. The molecule has 194 valence electrons. The number of anilines is 1. The predicted octanol–water partition coefficient (Wildman–Crippen LogP) is 3.50. The fraction of sp³-hybridized carbons (Fsp3) is 0.407. The first-order valence-electron chi connectivity index (χ1n) is 12.6. The van der Waals surface area contributed by atoms with Crippen LogP contribution in [0.5, 0.6) is 0 Å². The van der Waals surface area contributed by atoms with Crippen LogP contribution < -0.4 is 16.4 Å². The molecule has 2 aliphatic rings. The number of hydrogen-bond donors (Lipinski definition) is 1. The van der Waals surface area contributed by atoms with Crippen LogP contribution in [0, 0.1) is 12.8 Å². The van der Waals surface area contributed by atoms with E-state index in [9.17, 15) is 14.4 Å². The highest BCUT2D eigenvalue weighted by molar-refractivity contribution is 8.23. The van der Waals surface area contributed by atoms with E-state index in [1.807, 2.05) is 60.9 Å². The number of piperidine rings is 1. The zero-order valence-corrected chi connectivity index (χ0v) is 22.8. The van der Waals surface area contributed by atoms with Gasteiger partial charge in [-0.25, -0.2) is 4.68 Å². The lowest BCUT2D eigenvalue weighted by Crippen LogP contribution is -2.48. The van der Waals surface area contributed by atoms with Crippen LogP contribution in [0.1, 0.15) is 37.1 Å². The number of rotatable bonds is 5. The number of amides is 1. The second kappa shape index (κ2) is 10.3.